The first kappa shape index (κ1) is 16.9. The van der Waals surface area contributed by atoms with Gasteiger partial charge >= 0.3 is 0 Å². The first-order valence-corrected chi connectivity index (χ1v) is 8.77. The smallest absolute Gasteiger partial charge is 0.270 e. The molecule has 0 saturated carbocycles. The summed E-state index contributed by atoms with van der Waals surface area (Å²) in [6.45, 7) is 0. The minimum absolute atomic E-state index is 0.0116. The lowest BCUT2D eigenvalue weighted by molar-refractivity contribution is -0.113. The van der Waals surface area contributed by atoms with Crippen LogP contribution in [0.4, 0.5) is 5.69 Å². The zero-order valence-electron chi connectivity index (χ0n) is 12.4. The lowest BCUT2D eigenvalue weighted by Gasteiger charge is -2.13. The highest BCUT2D eigenvalue weighted by Crippen LogP contribution is 2.39. The van der Waals surface area contributed by atoms with Crippen LogP contribution in [-0.4, -0.2) is 27.4 Å². The summed E-state index contributed by atoms with van der Waals surface area (Å²) in [5.41, 5.74) is 1.34. The van der Waals surface area contributed by atoms with E-state index in [0.29, 0.717) is 30.7 Å². The lowest BCUT2D eigenvalue weighted by Crippen LogP contribution is -2.27. The van der Waals surface area contributed by atoms with E-state index in [1.807, 2.05) is 0 Å². The lowest BCUT2D eigenvalue weighted by atomic mass is 10.2. The Morgan fingerprint density at radius 1 is 1.46 bits per heavy atom. The summed E-state index contributed by atoms with van der Waals surface area (Å²) in [6.07, 6.45) is 4.94. The number of anilines is 1. The fourth-order valence-corrected chi connectivity index (χ4v) is 3.92. The third-order valence-electron chi connectivity index (χ3n) is 3.27. The van der Waals surface area contributed by atoms with Crippen molar-refractivity contribution in [2.45, 2.75) is 0 Å². The molecule has 8 heteroatoms. The Labute approximate surface area is 156 Å². The van der Waals surface area contributed by atoms with Gasteiger partial charge in [0, 0.05) is 6.20 Å². The number of phenols is 1. The molecule has 5 nitrogen and oxygen atoms in total. The van der Waals surface area contributed by atoms with Crippen molar-refractivity contribution in [2.24, 2.45) is 0 Å². The van der Waals surface area contributed by atoms with Crippen LogP contribution in [-0.2, 0) is 4.79 Å². The summed E-state index contributed by atoms with van der Waals surface area (Å²) in [6, 6.07) is 6.88. The van der Waals surface area contributed by atoms with Gasteiger partial charge in [-0.25, -0.2) is 0 Å². The van der Waals surface area contributed by atoms with Crippen molar-refractivity contribution < 1.29 is 14.6 Å². The highest BCUT2D eigenvalue weighted by atomic mass is 79.9. The van der Waals surface area contributed by atoms with E-state index >= 15 is 0 Å². The summed E-state index contributed by atoms with van der Waals surface area (Å²) in [5, 5.41) is 9.87. The second-order valence-electron chi connectivity index (χ2n) is 4.78. The third kappa shape index (κ3) is 3.17. The maximum Gasteiger partial charge on any atom is 0.270 e. The number of phenolic OH excluding ortho intramolecular Hbond substituents is 1. The third-order valence-corrected chi connectivity index (χ3v) is 5.17. The zero-order valence-corrected chi connectivity index (χ0v) is 15.6. The largest absolute Gasteiger partial charge is 0.503 e. The Bertz CT molecular complexity index is 856. The number of benzene rings is 1. The van der Waals surface area contributed by atoms with Gasteiger partial charge in [0.2, 0.25) is 0 Å². The summed E-state index contributed by atoms with van der Waals surface area (Å²) in [7, 11) is 1.47. The van der Waals surface area contributed by atoms with Gasteiger partial charge in [0.15, 0.2) is 15.8 Å². The molecule has 1 aromatic heterocycles. The van der Waals surface area contributed by atoms with Crippen LogP contribution in [0.2, 0.25) is 0 Å². The second kappa shape index (κ2) is 6.92. The van der Waals surface area contributed by atoms with Crippen molar-refractivity contribution >= 4 is 61.9 Å². The van der Waals surface area contributed by atoms with Crippen molar-refractivity contribution in [2.75, 3.05) is 12.0 Å². The number of ether oxygens (including phenoxy) is 1. The molecular formula is C16H11BrN2O3S2. The maximum atomic E-state index is 12.7. The van der Waals surface area contributed by atoms with Crippen LogP contribution in [0.25, 0.3) is 6.08 Å². The first-order valence-electron chi connectivity index (χ1n) is 6.75. The number of aromatic nitrogens is 1. The Morgan fingerprint density at radius 2 is 2.25 bits per heavy atom. The fraction of sp³-hybridized carbons (Fsp3) is 0.0625. The fourth-order valence-electron chi connectivity index (χ4n) is 2.16. The average molecular weight is 423 g/mol. The number of aromatic hydroxyl groups is 1. The van der Waals surface area contributed by atoms with E-state index in [4.69, 9.17) is 17.0 Å². The quantitative estimate of drug-likeness (QED) is 0.596. The van der Waals surface area contributed by atoms with E-state index in [-0.39, 0.29) is 11.7 Å². The summed E-state index contributed by atoms with van der Waals surface area (Å²) in [4.78, 5) is 18.6. The maximum absolute atomic E-state index is 12.7. The number of thiocarbonyl (C=S) groups is 1. The molecule has 0 unspecified atom stereocenters. The Kier molecular flexibility index (Phi) is 4.88. The molecule has 122 valence electrons. The molecule has 1 N–H and O–H groups in total. The number of carbonyl (C=O) groups excluding carboxylic acids is 1. The molecule has 1 aromatic carbocycles. The van der Waals surface area contributed by atoms with Crippen LogP contribution in [0.3, 0.4) is 0 Å². The Hall–Kier alpha value is -1.90. The molecule has 0 atom stereocenters. The van der Waals surface area contributed by atoms with Gasteiger partial charge in [-0.3, -0.25) is 14.7 Å². The number of halogens is 1. The van der Waals surface area contributed by atoms with Crippen LogP contribution in [0, 0.1) is 0 Å². The van der Waals surface area contributed by atoms with Crippen LogP contribution in [0.15, 0.2) is 46.0 Å². The van der Waals surface area contributed by atoms with Crippen molar-refractivity contribution in [3.05, 3.63) is 51.6 Å². The number of amides is 1. The number of rotatable bonds is 3. The molecule has 1 fully saturated rings. The van der Waals surface area contributed by atoms with Crippen LogP contribution < -0.4 is 9.64 Å². The standard InChI is InChI=1S/C16H11BrN2O3S2/c1-22-12-6-9(5-11(17)14(12)20)7-13-15(21)19(16(23)24-13)10-3-2-4-18-8-10/h2-8,20H,1H3/b13-7-. The minimum Gasteiger partial charge on any atom is -0.503 e. The molecular weight excluding hydrogens is 412 g/mol. The van der Waals surface area contributed by atoms with Crippen molar-refractivity contribution in [3.8, 4) is 11.5 Å². The Morgan fingerprint density at radius 3 is 2.92 bits per heavy atom. The molecule has 1 amide bonds. The van der Waals surface area contributed by atoms with Gasteiger partial charge < -0.3 is 9.84 Å². The summed E-state index contributed by atoms with van der Waals surface area (Å²) in [5.74, 6) is 0.122. The van der Waals surface area contributed by atoms with E-state index < -0.39 is 0 Å². The zero-order chi connectivity index (χ0) is 17.3. The molecule has 0 aliphatic carbocycles. The molecule has 2 heterocycles. The average Bonchev–Trinajstić information content (AvgIpc) is 2.85. The van der Waals surface area contributed by atoms with Gasteiger partial charge in [-0.1, -0.05) is 24.0 Å². The number of carbonyl (C=O) groups is 1. The van der Waals surface area contributed by atoms with E-state index in [2.05, 4.69) is 20.9 Å². The topological polar surface area (TPSA) is 62.7 Å². The van der Waals surface area contributed by atoms with Gasteiger partial charge in [0.25, 0.3) is 5.91 Å². The molecule has 1 aliphatic rings. The first-order chi connectivity index (χ1) is 11.5. The molecule has 24 heavy (non-hydrogen) atoms. The van der Waals surface area contributed by atoms with Gasteiger partial charge in [0.1, 0.15) is 0 Å². The van der Waals surface area contributed by atoms with Crippen LogP contribution >= 0.6 is 39.9 Å². The van der Waals surface area contributed by atoms with Gasteiger partial charge in [-0.05, 0) is 51.8 Å². The summed E-state index contributed by atoms with van der Waals surface area (Å²) < 4.78 is 6.05. The Balaban J connectivity index is 1.97. The normalized spacial score (nSPS) is 16.1. The predicted octanol–water partition coefficient (Wildman–Crippen LogP) is 3.96. The van der Waals surface area contributed by atoms with Crippen molar-refractivity contribution in [1.82, 2.24) is 4.98 Å². The number of thioether (sulfide) groups is 1. The number of nitrogens with zero attached hydrogens (tertiary/aromatic N) is 2. The number of pyridine rings is 1. The van der Waals surface area contributed by atoms with E-state index in [1.54, 1.807) is 42.7 Å². The predicted molar refractivity (Wildman–Crippen MR) is 102 cm³/mol. The minimum atomic E-state index is -0.207. The monoisotopic (exact) mass is 422 g/mol. The van der Waals surface area contributed by atoms with Crippen LogP contribution in [0.1, 0.15) is 5.56 Å². The number of hydrogen-bond acceptors (Lipinski definition) is 6. The molecule has 2 aromatic rings. The van der Waals surface area contributed by atoms with E-state index in [1.165, 1.54) is 23.8 Å². The van der Waals surface area contributed by atoms with E-state index in [9.17, 15) is 9.90 Å². The van der Waals surface area contributed by atoms with Crippen molar-refractivity contribution in [1.29, 1.82) is 0 Å². The number of hydrogen-bond donors (Lipinski definition) is 1. The molecule has 3 rings (SSSR count). The van der Waals surface area contributed by atoms with Crippen LogP contribution in [0.5, 0.6) is 11.5 Å². The number of methoxy groups -OCH3 is 1. The van der Waals surface area contributed by atoms with Gasteiger partial charge in [-0.15, -0.1) is 0 Å². The van der Waals surface area contributed by atoms with E-state index in [0.717, 1.165) is 0 Å². The molecule has 0 bridgehead atoms. The van der Waals surface area contributed by atoms with Gasteiger partial charge in [-0.2, -0.15) is 0 Å². The molecule has 1 aliphatic heterocycles. The SMILES string of the molecule is COc1cc(/C=C2\SC(=S)N(c3cccnc3)C2=O)cc(Br)c1O. The highest BCUT2D eigenvalue weighted by Gasteiger charge is 2.33. The molecule has 0 radical (unpaired) electrons. The highest BCUT2D eigenvalue weighted by molar-refractivity contribution is 9.10. The molecule has 1 saturated heterocycles. The molecule has 0 spiro atoms. The van der Waals surface area contributed by atoms with Gasteiger partial charge in [0.05, 0.1) is 28.4 Å². The second-order valence-corrected chi connectivity index (χ2v) is 7.31. The summed E-state index contributed by atoms with van der Waals surface area (Å²) >= 11 is 9.80. The van der Waals surface area contributed by atoms with Crippen molar-refractivity contribution in [3.63, 3.8) is 0 Å².